The maximum Gasteiger partial charge on any atom is 0.246 e. The summed E-state index contributed by atoms with van der Waals surface area (Å²) in [4.78, 5) is 16.6. The average Bonchev–Trinajstić information content (AvgIpc) is 3.47. The largest absolute Gasteiger partial charge is 0.497 e. The monoisotopic (exact) mass is 427 g/mol. The Labute approximate surface area is 177 Å². The van der Waals surface area contributed by atoms with Gasteiger partial charge >= 0.3 is 0 Å². The van der Waals surface area contributed by atoms with Crippen molar-refractivity contribution in [2.24, 2.45) is 0 Å². The maximum absolute atomic E-state index is 13.1. The lowest BCUT2D eigenvalue weighted by Gasteiger charge is -2.09. The lowest BCUT2D eigenvalue weighted by atomic mass is 10.0. The van der Waals surface area contributed by atoms with Gasteiger partial charge in [-0.3, -0.25) is 4.79 Å². The minimum absolute atomic E-state index is 0.0820. The molecule has 162 valence electrons. The predicted octanol–water partition coefficient (Wildman–Crippen LogP) is 2.02. The van der Waals surface area contributed by atoms with Crippen molar-refractivity contribution < 1.29 is 23.2 Å². The van der Waals surface area contributed by atoms with Crippen LogP contribution in [0.1, 0.15) is 29.7 Å². The number of benzene rings is 2. The summed E-state index contributed by atoms with van der Waals surface area (Å²) in [5.41, 5.74) is 6.92. The summed E-state index contributed by atoms with van der Waals surface area (Å²) < 4.78 is 28.9. The number of methoxy groups -OCH3 is 1. The molecule has 0 bridgehead atoms. The van der Waals surface area contributed by atoms with E-state index in [9.17, 15) is 9.18 Å². The Bertz CT molecular complexity index is 1010. The van der Waals surface area contributed by atoms with Crippen LogP contribution >= 0.6 is 0 Å². The summed E-state index contributed by atoms with van der Waals surface area (Å²) >= 11 is 0. The van der Waals surface area contributed by atoms with Crippen molar-refractivity contribution in [1.29, 1.82) is 0 Å². The van der Waals surface area contributed by atoms with Crippen LogP contribution in [-0.4, -0.2) is 29.2 Å². The van der Waals surface area contributed by atoms with Gasteiger partial charge in [0, 0.05) is 6.04 Å². The number of hydrazine groups is 1. The molecular formula is C21H22FN5O4. The molecule has 2 heterocycles. The summed E-state index contributed by atoms with van der Waals surface area (Å²) in [6.07, 6.45) is 0.530. The van der Waals surface area contributed by atoms with Crippen molar-refractivity contribution in [2.75, 3.05) is 7.11 Å². The van der Waals surface area contributed by atoms with Crippen LogP contribution < -0.4 is 25.6 Å². The predicted molar refractivity (Wildman–Crippen MR) is 107 cm³/mol. The van der Waals surface area contributed by atoms with E-state index in [1.807, 2.05) is 0 Å². The maximum atomic E-state index is 13.1. The molecular weight excluding hydrogens is 405 g/mol. The highest BCUT2D eigenvalue weighted by atomic mass is 19.1. The summed E-state index contributed by atoms with van der Waals surface area (Å²) in [5, 5.41) is 6.62. The van der Waals surface area contributed by atoms with Crippen molar-refractivity contribution in [3.05, 3.63) is 71.6 Å². The van der Waals surface area contributed by atoms with E-state index in [0.29, 0.717) is 18.0 Å². The normalized spacial score (nSPS) is 18.0. The van der Waals surface area contributed by atoms with Crippen LogP contribution in [0.15, 0.2) is 53.1 Å². The number of carbonyl (C=O) groups excluding carboxylic acids is 1. The van der Waals surface area contributed by atoms with Crippen LogP contribution in [0.2, 0.25) is 0 Å². The van der Waals surface area contributed by atoms with Gasteiger partial charge in [-0.05, 0) is 48.4 Å². The second kappa shape index (κ2) is 9.54. The van der Waals surface area contributed by atoms with Crippen molar-refractivity contribution in [2.45, 2.75) is 31.7 Å². The number of halogens is 1. The zero-order valence-electron chi connectivity index (χ0n) is 16.8. The Morgan fingerprint density at radius 1 is 1.16 bits per heavy atom. The minimum atomic E-state index is -0.434. The van der Waals surface area contributed by atoms with E-state index in [1.54, 1.807) is 43.5 Å². The van der Waals surface area contributed by atoms with E-state index < -0.39 is 6.04 Å². The van der Waals surface area contributed by atoms with Crippen LogP contribution in [-0.2, 0) is 17.9 Å². The summed E-state index contributed by atoms with van der Waals surface area (Å²) in [6, 6.07) is 12.8. The lowest BCUT2D eigenvalue weighted by Crippen LogP contribution is -2.42. The van der Waals surface area contributed by atoms with E-state index in [2.05, 4.69) is 26.3 Å². The van der Waals surface area contributed by atoms with E-state index in [0.717, 1.165) is 11.3 Å². The highest BCUT2D eigenvalue weighted by Crippen LogP contribution is 2.22. The molecule has 1 saturated heterocycles. The number of rotatable bonds is 8. The Kier molecular flexibility index (Phi) is 6.39. The number of amides is 1. The molecule has 31 heavy (non-hydrogen) atoms. The van der Waals surface area contributed by atoms with Gasteiger partial charge in [0.05, 0.1) is 13.7 Å². The van der Waals surface area contributed by atoms with Gasteiger partial charge in [0.2, 0.25) is 17.6 Å². The van der Waals surface area contributed by atoms with Crippen LogP contribution in [0.3, 0.4) is 0 Å². The molecule has 10 heteroatoms. The Morgan fingerprint density at radius 2 is 1.90 bits per heavy atom. The van der Waals surface area contributed by atoms with Crippen LogP contribution in [0.4, 0.5) is 4.39 Å². The van der Waals surface area contributed by atoms with Crippen molar-refractivity contribution >= 4 is 5.91 Å². The molecule has 2 aromatic carbocycles. The second-order valence-electron chi connectivity index (χ2n) is 6.97. The second-order valence-corrected chi connectivity index (χ2v) is 6.97. The van der Waals surface area contributed by atoms with E-state index in [-0.39, 0.29) is 36.8 Å². The first-order chi connectivity index (χ1) is 15.1. The third-order valence-electron chi connectivity index (χ3n) is 4.84. The van der Waals surface area contributed by atoms with Gasteiger partial charge in [0.25, 0.3) is 0 Å². The number of aromatic nitrogens is 2. The number of nitrogens with one attached hydrogen (secondary N) is 3. The number of hydrogen-bond acceptors (Lipinski definition) is 8. The minimum Gasteiger partial charge on any atom is -0.497 e. The fourth-order valence-electron chi connectivity index (χ4n) is 3.17. The number of nitrogens with zero attached hydrogens (tertiary/aromatic N) is 2. The van der Waals surface area contributed by atoms with Crippen molar-refractivity contribution in [1.82, 2.24) is 26.3 Å². The van der Waals surface area contributed by atoms with Crippen LogP contribution in [0.25, 0.3) is 0 Å². The van der Waals surface area contributed by atoms with Gasteiger partial charge < -0.3 is 19.3 Å². The van der Waals surface area contributed by atoms with Gasteiger partial charge in [-0.15, -0.1) is 0 Å². The quantitative estimate of drug-likeness (QED) is 0.501. The number of carbonyl (C=O) groups is 1. The first kappa shape index (κ1) is 20.8. The molecule has 4 rings (SSSR count). The fraction of sp³-hybridized carbons (Fsp3) is 0.286. The van der Waals surface area contributed by atoms with Gasteiger partial charge in [-0.1, -0.05) is 17.3 Å². The molecule has 1 fully saturated rings. The van der Waals surface area contributed by atoms with Crippen molar-refractivity contribution in [3.8, 4) is 11.5 Å². The zero-order chi connectivity index (χ0) is 21.6. The molecule has 1 amide bonds. The molecule has 1 aliphatic heterocycles. The molecule has 3 aromatic rings. The molecule has 0 aliphatic carbocycles. The highest BCUT2D eigenvalue weighted by molar-refractivity contribution is 5.82. The fourth-order valence-corrected chi connectivity index (χ4v) is 3.17. The molecule has 1 aromatic heterocycles. The van der Waals surface area contributed by atoms with Crippen LogP contribution in [0, 0.1) is 5.82 Å². The Morgan fingerprint density at radius 3 is 2.65 bits per heavy atom. The topological polar surface area (TPSA) is 111 Å². The number of ether oxygens (including phenoxy) is 2. The first-order valence-corrected chi connectivity index (χ1v) is 9.73. The molecule has 2 atom stereocenters. The van der Waals surface area contributed by atoms with Gasteiger partial charge in [-0.25, -0.2) is 15.2 Å². The van der Waals surface area contributed by atoms with E-state index in [4.69, 9.17) is 14.0 Å². The van der Waals surface area contributed by atoms with E-state index >= 15 is 0 Å². The van der Waals surface area contributed by atoms with Gasteiger partial charge in [0.1, 0.15) is 23.4 Å². The summed E-state index contributed by atoms with van der Waals surface area (Å²) in [5.74, 6) is 1.54. The molecule has 0 spiro atoms. The SMILES string of the molecule is COc1ccc(OCc2noc(CNC(=O)C3CC(c4ccc(F)cc4)NN3)n2)cc1. The molecule has 3 N–H and O–H groups in total. The molecule has 0 saturated carbocycles. The van der Waals surface area contributed by atoms with E-state index in [1.165, 1.54) is 12.1 Å². The summed E-state index contributed by atoms with van der Waals surface area (Å²) in [7, 11) is 1.60. The Hall–Kier alpha value is -3.50. The molecule has 2 unspecified atom stereocenters. The smallest absolute Gasteiger partial charge is 0.246 e. The third-order valence-corrected chi connectivity index (χ3v) is 4.84. The van der Waals surface area contributed by atoms with Gasteiger partial charge in [-0.2, -0.15) is 4.98 Å². The molecule has 9 nitrogen and oxygen atoms in total. The first-order valence-electron chi connectivity index (χ1n) is 9.73. The average molecular weight is 427 g/mol. The number of hydrogen-bond donors (Lipinski definition) is 3. The highest BCUT2D eigenvalue weighted by Gasteiger charge is 2.30. The third kappa shape index (κ3) is 5.36. The lowest BCUT2D eigenvalue weighted by molar-refractivity contribution is -0.123. The standard InChI is InChI=1S/C21H22FN5O4/c1-29-15-6-8-16(9-7-15)30-12-19-24-20(31-27-19)11-23-21(28)18-10-17(25-26-18)13-2-4-14(22)5-3-13/h2-9,17-18,25-26H,10-12H2,1H3,(H,23,28). The van der Waals surface area contributed by atoms with Crippen molar-refractivity contribution in [3.63, 3.8) is 0 Å². The summed E-state index contributed by atoms with van der Waals surface area (Å²) in [6.45, 7) is 0.241. The Balaban J connectivity index is 1.22. The zero-order valence-corrected chi connectivity index (χ0v) is 16.8. The molecule has 1 aliphatic rings. The van der Waals surface area contributed by atoms with Gasteiger partial charge in [0.15, 0.2) is 6.61 Å². The van der Waals surface area contributed by atoms with Crippen LogP contribution in [0.5, 0.6) is 11.5 Å². The molecule has 0 radical (unpaired) electrons.